The number of rotatable bonds is 4. The Hall–Kier alpha value is -0.450. The van der Waals surface area contributed by atoms with Crippen molar-refractivity contribution in [1.82, 2.24) is 5.32 Å². The number of benzene rings is 1. The fraction of sp³-hybridized carbons (Fsp3) is 0.500. The summed E-state index contributed by atoms with van der Waals surface area (Å²) in [7, 11) is 0. The monoisotopic (exact) mass is 289 g/mol. The summed E-state index contributed by atoms with van der Waals surface area (Å²) in [6.45, 7) is 5.88. The van der Waals surface area contributed by atoms with Crippen LogP contribution in [0.25, 0.3) is 0 Å². The minimum absolute atomic E-state index is 0.252. The SMILES string of the molecule is CC(C)NCC(C)(O)c1cccc(Br)c1F. The van der Waals surface area contributed by atoms with Crippen molar-refractivity contribution in [2.24, 2.45) is 0 Å². The van der Waals surface area contributed by atoms with Gasteiger partial charge >= 0.3 is 0 Å². The van der Waals surface area contributed by atoms with E-state index in [1.165, 1.54) is 0 Å². The van der Waals surface area contributed by atoms with Crippen LogP contribution in [0.4, 0.5) is 4.39 Å². The maximum atomic E-state index is 13.8. The van der Waals surface area contributed by atoms with Crippen molar-refractivity contribution in [2.45, 2.75) is 32.4 Å². The number of aliphatic hydroxyl groups is 1. The first-order valence-electron chi connectivity index (χ1n) is 5.25. The minimum atomic E-state index is -1.21. The highest BCUT2D eigenvalue weighted by Crippen LogP contribution is 2.27. The van der Waals surface area contributed by atoms with Gasteiger partial charge in [0, 0.05) is 18.2 Å². The Labute approximate surface area is 104 Å². The lowest BCUT2D eigenvalue weighted by Gasteiger charge is -2.26. The molecule has 2 N–H and O–H groups in total. The topological polar surface area (TPSA) is 32.3 Å². The van der Waals surface area contributed by atoms with Gasteiger partial charge in [0.25, 0.3) is 0 Å². The average Bonchev–Trinajstić information content (AvgIpc) is 2.19. The maximum absolute atomic E-state index is 13.8. The van der Waals surface area contributed by atoms with Crippen molar-refractivity contribution < 1.29 is 9.50 Å². The molecule has 90 valence electrons. The van der Waals surface area contributed by atoms with E-state index in [2.05, 4.69) is 21.2 Å². The van der Waals surface area contributed by atoms with Gasteiger partial charge < -0.3 is 10.4 Å². The smallest absolute Gasteiger partial charge is 0.143 e. The highest BCUT2D eigenvalue weighted by atomic mass is 79.9. The van der Waals surface area contributed by atoms with Crippen molar-refractivity contribution in [3.8, 4) is 0 Å². The fourth-order valence-corrected chi connectivity index (χ4v) is 1.78. The van der Waals surface area contributed by atoms with E-state index in [4.69, 9.17) is 0 Å². The Morgan fingerprint density at radius 1 is 1.50 bits per heavy atom. The van der Waals surface area contributed by atoms with Gasteiger partial charge in [-0.25, -0.2) is 4.39 Å². The molecule has 0 aliphatic rings. The normalized spacial score (nSPS) is 15.2. The van der Waals surface area contributed by atoms with E-state index < -0.39 is 11.4 Å². The molecule has 1 aromatic rings. The van der Waals surface area contributed by atoms with Gasteiger partial charge in [0.1, 0.15) is 11.4 Å². The molecule has 0 amide bonds. The fourth-order valence-electron chi connectivity index (χ4n) is 1.42. The third-order valence-corrected chi connectivity index (χ3v) is 3.00. The van der Waals surface area contributed by atoms with Gasteiger partial charge in [-0.1, -0.05) is 26.0 Å². The average molecular weight is 290 g/mol. The summed E-state index contributed by atoms with van der Waals surface area (Å²) in [5.74, 6) is -0.405. The largest absolute Gasteiger partial charge is 0.384 e. The zero-order valence-corrected chi connectivity index (χ0v) is 11.3. The summed E-state index contributed by atoms with van der Waals surface area (Å²) < 4.78 is 14.2. The number of hydrogen-bond acceptors (Lipinski definition) is 2. The third kappa shape index (κ3) is 3.27. The van der Waals surface area contributed by atoms with Crippen LogP contribution in [0.3, 0.4) is 0 Å². The van der Waals surface area contributed by atoms with Gasteiger partial charge in [0.15, 0.2) is 0 Å². The predicted octanol–water partition coefficient (Wildman–Crippen LogP) is 2.79. The van der Waals surface area contributed by atoms with Crippen molar-refractivity contribution in [1.29, 1.82) is 0 Å². The van der Waals surface area contributed by atoms with Gasteiger partial charge in [-0.15, -0.1) is 0 Å². The van der Waals surface area contributed by atoms with Crippen LogP contribution < -0.4 is 5.32 Å². The second kappa shape index (κ2) is 5.25. The van der Waals surface area contributed by atoms with E-state index in [-0.39, 0.29) is 6.04 Å². The lowest BCUT2D eigenvalue weighted by molar-refractivity contribution is 0.0511. The second-order valence-corrected chi connectivity index (χ2v) is 5.27. The van der Waals surface area contributed by atoms with E-state index in [1.54, 1.807) is 25.1 Å². The quantitative estimate of drug-likeness (QED) is 0.893. The lowest BCUT2D eigenvalue weighted by atomic mass is 9.95. The summed E-state index contributed by atoms with van der Waals surface area (Å²) in [6.07, 6.45) is 0. The van der Waals surface area contributed by atoms with Crippen molar-refractivity contribution in [2.75, 3.05) is 6.54 Å². The van der Waals surface area contributed by atoms with Gasteiger partial charge in [-0.3, -0.25) is 0 Å². The number of nitrogens with one attached hydrogen (secondary N) is 1. The van der Waals surface area contributed by atoms with Crippen LogP contribution in [0.1, 0.15) is 26.3 Å². The van der Waals surface area contributed by atoms with Gasteiger partial charge in [0.05, 0.1) is 4.47 Å². The molecule has 0 heterocycles. The molecule has 0 saturated carbocycles. The molecule has 4 heteroatoms. The summed E-state index contributed by atoms with van der Waals surface area (Å²) in [5.41, 5.74) is -0.909. The molecule has 16 heavy (non-hydrogen) atoms. The molecule has 0 saturated heterocycles. The molecule has 1 rings (SSSR count). The highest BCUT2D eigenvalue weighted by molar-refractivity contribution is 9.10. The zero-order chi connectivity index (χ0) is 12.3. The summed E-state index contributed by atoms with van der Waals surface area (Å²) in [5, 5.41) is 13.3. The van der Waals surface area contributed by atoms with E-state index in [9.17, 15) is 9.50 Å². The summed E-state index contributed by atoms with van der Waals surface area (Å²) in [4.78, 5) is 0. The van der Waals surface area contributed by atoms with Crippen LogP contribution in [-0.4, -0.2) is 17.7 Å². The molecule has 0 bridgehead atoms. The molecule has 2 nitrogen and oxygen atoms in total. The van der Waals surface area contributed by atoms with Crippen LogP contribution in [0, 0.1) is 5.82 Å². The van der Waals surface area contributed by atoms with Crippen molar-refractivity contribution >= 4 is 15.9 Å². The van der Waals surface area contributed by atoms with Crippen molar-refractivity contribution in [3.63, 3.8) is 0 Å². The predicted molar refractivity (Wildman–Crippen MR) is 66.8 cm³/mol. The van der Waals surface area contributed by atoms with Crippen LogP contribution in [0.15, 0.2) is 22.7 Å². The number of halogens is 2. The van der Waals surface area contributed by atoms with Gasteiger partial charge in [0.2, 0.25) is 0 Å². The molecular weight excluding hydrogens is 273 g/mol. The van der Waals surface area contributed by atoms with Crippen LogP contribution in [0.5, 0.6) is 0 Å². The standard InChI is InChI=1S/C12H17BrFNO/c1-8(2)15-7-12(3,16)9-5-4-6-10(13)11(9)14/h4-6,8,15-16H,7H2,1-3H3. The zero-order valence-electron chi connectivity index (χ0n) is 9.72. The van der Waals surface area contributed by atoms with Crippen LogP contribution in [-0.2, 0) is 5.60 Å². The Balaban J connectivity index is 2.93. The van der Waals surface area contributed by atoms with E-state index in [0.717, 1.165) is 0 Å². The molecule has 1 atom stereocenters. The Morgan fingerprint density at radius 2 is 2.12 bits per heavy atom. The first-order chi connectivity index (χ1) is 7.34. The third-order valence-electron chi connectivity index (χ3n) is 2.39. The molecule has 0 aliphatic heterocycles. The molecule has 1 unspecified atom stereocenters. The molecular formula is C12H17BrFNO. The molecule has 0 spiro atoms. The Morgan fingerprint density at radius 3 is 2.69 bits per heavy atom. The molecule has 0 fully saturated rings. The Bertz CT molecular complexity index is 366. The summed E-state index contributed by atoms with van der Waals surface area (Å²) >= 11 is 3.11. The first kappa shape index (κ1) is 13.6. The summed E-state index contributed by atoms with van der Waals surface area (Å²) in [6, 6.07) is 5.18. The van der Waals surface area contributed by atoms with E-state index in [0.29, 0.717) is 16.6 Å². The van der Waals surface area contributed by atoms with Crippen molar-refractivity contribution in [3.05, 3.63) is 34.1 Å². The van der Waals surface area contributed by atoms with E-state index >= 15 is 0 Å². The maximum Gasteiger partial charge on any atom is 0.143 e. The second-order valence-electron chi connectivity index (χ2n) is 4.41. The first-order valence-corrected chi connectivity index (χ1v) is 6.04. The molecule has 0 radical (unpaired) electrons. The molecule has 0 aliphatic carbocycles. The van der Waals surface area contributed by atoms with Crippen LogP contribution >= 0.6 is 15.9 Å². The lowest BCUT2D eigenvalue weighted by Crippen LogP contribution is -2.39. The van der Waals surface area contributed by atoms with Crippen LogP contribution in [0.2, 0.25) is 0 Å². The minimum Gasteiger partial charge on any atom is -0.384 e. The molecule has 1 aromatic carbocycles. The highest BCUT2D eigenvalue weighted by Gasteiger charge is 2.27. The van der Waals surface area contributed by atoms with Gasteiger partial charge in [-0.05, 0) is 28.9 Å². The van der Waals surface area contributed by atoms with E-state index in [1.807, 2.05) is 13.8 Å². The molecule has 0 aromatic heterocycles. The Kier molecular flexibility index (Phi) is 4.47. The van der Waals surface area contributed by atoms with Gasteiger partial charge in [-0.2, -0.15) is 0 Å². The number of hydrogen-bond donors (Lipinski definition) is 2.